The summed E-state index contributed by atoms with van der Waals surface area (Å²) in [7, 11) is 0. The summed E-state index contributed by atoms with van der Waals surface area (Å²) in [6.45, 7) is 1.26. The van der Waals surface area contributed by atoms with E-state index in [4.69, 9.17) is 5.73 Å². The summed E-state index contributed by atoms with van der Waals surface area (Å²) in [6.07, 6.45) is -8.23. The quantitative estimate of drug-likeness (QED) is 0.739. The second kappa shape index (κ2) is 7.64. The van der Waals surface area contributed by atoms with Crippen molar-refractivity contribution >= 4 is 18.3 Å². The van der Waals surface area contributed by atoms with Crippen molar-refractivity contribution in [3.63, 3.8) is 0 Å². The number of hydrogen-bond acceptors (Lipinski definition) is 2. The van der Waals surface area contributed by atoms with Gasteiger partial charge in [0.2, 0.25) is 5.91 Å². The van der Waals surface area contributed by atoms with Crippen molar-refractivity contribution in [1.29, 1.82) is 0 Å². The monoisotopic (exact) mass is 404 g/mol. The SMILES string of the molecule is CC1(C(=O)NCc2cc(C(F)(F)F)cc(C(F)(F)F)c2)CCC(N)C1.Cl. The molecule has 148 valence electrons. The molecule has 1 aliphatic carbocycles. The second-order valence-corrected chi connectivity index (χ2v) is 6.66. The van der Waals surface area contributed by atoms with Gasteiger partial charge in [-0.1, -0.05) is 6.92 Å². The van der Waals surface area contributed by atoms with Gasteiger partial charge in [-0.2, -0.15) is 26.3 Å². The van der Waals surface area contributed by atoms with Gasteiger partial charge >= 0.3 is 12.4 Å². The topological polar surface area (TPSA) is 55.1 Å². The van der Waals surface area contributed by atoms with Gasteiger partial charge in [0.05, 0.1) is 11.1 Å². The lowest BCUT2D eigenvalue weighted by Gasteiger charge is -2.23. The van der Waals surface area contributed by atoms with Gasteiger partial charge in [-0.15, -0.1) is 12.4 Å². The zero-order valence-electron chi connectivity index (χ0n) is 13.8. The standard InChI is InChI=1S/C16H18F6N2O.ClH/c1-14(3-2-12(23)7-14)13(25)24-8-9-4-10(15(17,18)19)6-11(5-9)16(20,21)22;/h4-6,12H,2-3,7-8,23H2,1H3,(H,24,25);1H. The van der Waals surface area contributed by atoms with Crippen LogP contribution in [0, 0.1) is 5.41 Å². The average molecular weight is 405 g/mol. The minimum absolute atomic E-state index is 0. The molecular formula is C16H19ClF6N2O. The molecule has 2 rings (SSSR count). The molecule has 0 saturated heterocycles. The Kier molecular flexibility index (Phi) is 6.63. The van der Waals surface area contributed by atoms with Crippen LogP contribution in [-0.4, -0.2) is 11.9 Å². The highest BCUT2D eigenvalue weighted by molar-refractivity contribution is 5.85. The lowest BCUT2D eigenvalue weighted by Crippen LogP contribution is -2.37. The summed E-state index contributed by atoms with van der Waals surface area (Å²) < 4.78 is 76.9. The van der Waals surface area contributed by atoms with E-state index < -0.39 is 41.3 Å². The molecule has 2 atom stereocenters. The van der Waals surface area contributed by atoms with Gasteiger partial charge in [-0.25, -0.2) is 0 Å². The maximum absolute atomic E-state index is 12.8. The number of benzene rings is 1. The first-order valence-corrected chi connectivity index (χ1v) is 7.63. The van der Waals surface area contributed by atoms with E-state index in [-0.39, 0.29) is 30.1 Å². The predicted molar refractivity (Wildman–Crippen MR) is 85.5 cm³/mol. The molecule has 1 fully saturated rings. The molecule has 1 aromatic rings. The van der Waals surface area contributed by atoms with Gasteiger partial charge in [0, 0.05) is 18.0 Å². The first-order chi connectivity index (χ1) is 11.3. The van der Waals surface area contributed by atoms with Gasteiger partial charge in [0.25, 0.3) is 0 Å². The normalized spacial score (nSPS) is 23.5. The van der Waals surface area contributed by atoms with Crippen LogP contribution in [0.2, 0.25) is 0 Å². The van der Waals surface area contributed by atoms with Crippen molar-refractivity contribution < 1.29 is 31.1 Å². The van der Waals surface area contributed by atoms with Crippen molar-refractivity contribution in [3.8, 4) is 0 Å². The highest BCUT2D eigenvalue weighted by Gasteiger charge is 2.40. The molecule has 0 radical (unpaired) electrons. The highest BCUT2D eigenvalue weighted by Crippen LogP contribution is 2.38. The molecule has 10 heteroatoms. The van der Waals surface area contributed by atoms with Crippen LogP contribution >= 0.6 is 12.4 Å². The van der Waals surface area contributed by atoms with Gasteiger partial charge in [0.1, 0.15) is 0 Å². The van der Waals surface area contributed by atoms with Crippen LogP contribution in [0.3, 0.4) is 0 Å². The third-order valence-corrected chi connectivity index (χ3v) is 4.43. The molecule has 0 aliphatic heterocycles. The van der Waals surface area contributed by atoms with E-state index in [0.717, 1.165) is 0 Å². The molecule has 1 saturated carbocycles. The van der Waals surface area contributed by atoms with E-state index in [1.807, 2.05) is 0 Å². The van der Waals surface area contributed by atoms with E-state index in [1.54, 1.807) is 6.92 Å². The van der Waals surface area contributed by atoms with Crippen molar-refractivity contribution in [1.82, 2.24) is 5.32 Å². The van der Waals surface area contributed by atoms with Gasteiger partial charge in [-0.05, 0) is 43.0 Å². The molecular weight excluding hydrogens is 386 g/mol. The number of carbonyl (C=O) groups is 1. The zero-order valence-corrected chi connectivity index (χ0v) is 14.6. The first kappa shape index (κ1) is 22.6. The molecule has 1 amide bonds. The Bertz CT molecular complexity index is 629. The number of nitrogens with two attached hydrogens (primary N) is 1. The zero-order chi connectivity index (χ0) is 19.0. The Morgan fingerprint density at radius 2 is 1.65 bits per heavy atom. The molecule has 3 nitrogen and oxygen atoms in total. The fraction of sp³-hybridized carbons (Fsp3) is 0.562. The third-order valence-electron chi connectivity index (χ3n) is 4.43. The van der Waals surface area contributed by atoms with Crippen LogP contribution in [0.4, 0.5) is 26.3 Å². The molecule has 0 heterocycles. The minimum Gasteiger partial charge on any atom is -0.352 e. The van der Waals surface area contributed by atoms with E-state index in [0.29, 0.717) is 31.4 Å². The number of amides is 1. The van der Waals surface area contributed by atoms with E-state index in [9.17, 15) is 31.1 Å². The summed E-state index contributed by atoms with van der Waals surface area (Å²) in [5, 5.41) is 2.43. The van der Waals surface area contributed by atoms with Crippen LogP contribution < -0.4 is 11.1 Å². The summed E-state index contributed by atoms with van der Waals surface area (Å²) in [4.78, 5) is 12.2. The van der Waals surface area contributed by atoms with Gasteiger partial charge in [-0.3, -0.25) is 4.79 Å². The fourth-order valence-electron chi connectivity index (χ4n) is 3.01. The van der Waals surface area contributed by atoms with Gasteiger partial charge in [0.15, 0.2) is 0 Å². The van der Waals surface area contributed by atoms with Gasteiger partial charge < -0.3 is 11.1 Å². The molecule has 1 aliphatic rings. The van der Waals surface area contributed by atoms with Crippen LogP contribution in [0.15, 0.2) is 18.2 Å². The minimum atomic E-state index is -4.91. The van der Waals surface area contributed by atoms with Crippen LogP contribution in [-0.2, 0) is 23.7 Å². The Balaban J connectivity index is 0.00000338. The predicted octanol–water partition coefficient (Wildman–Crippen LogP) is 4.28. The Hall–Kier alpha value is -1.48. The van der Waals surface area contributed by atoms with Crippen LogP contribution in [0.5, 0.6) is 0 Å². The van der Waals surface area contributed by atoms with Crippen LogP contribution in [0.1, 0.15) is 42.9 Å². The molecule has 2 unspecified atom stereocenters. The van der Waals surface area contributed by atoms with E-state index >= 15 is 0 Å². The second-order valence-electron chi connectivity index (χ2n) is 6.66. The van der Waals surface area contributed by atoms with Crippen molar-refractivity contribution in [2.24, 2.45) is 11.1 Å². The number of carbonyl (C=O) groups excluding carboxylic acids is 1. The van der Waals surface area contributed by atoms with Crippen molar-refractivity contribution in [2.45, 2.75) is 51.1 Å². The maximum atomic E-state index is 12.8. The number of halogens is 7. The Labute approximate surface area is 152 Å². The molecule has 0 aromatic heterocycles. The summed E-state index contributed by atoms with van der Waals surface area (Å²) in [5.41, 5.74) is 1.94. The average Bonchev–Trinajstić information content (AvgIpc) is 2.83. The van der Waals surface area contributed by atoms with E-state index in [1.165, 1.54) is 0 Å². The maximum Gasteiger partial charge on any atom is 0.416 e. The van der Waals surface area contributed by atoms with Crippen molar-refractivity contribution in [2.75, 3.05) is 0 Å². The largest absolute Gasteiger partial charge is 0.416 e. The smallest absolute Gasteiger partial charge is 0.352 e. The number of nitrogens with one attached hydrogen (secondary N) is 1. The molecule has 26 heavy (non-hydrogen) atoms. The fourth-order valence-corrected chi connectivity index (χ4v) is 3.01. The van der Waals surface area contributed by atoms with E-state index in [2.05, 4.69) is 5.32 Å². The van der Waals surface area contributed by atoms with Crippen molar-refractivity contribution in [3.05, 3.63) is 34.9 Å². The number of rotatable bonds is 3. The lowest BCUT2D eigenvalue weighted by atomic mass is 9.87. The number of hydrogen-bond donors (Lipinski definition) is 2. The molecule has 0 spiro atoms. The summed E-state index contributed by atoms with van der Waals surface area (Å²) in [5.74, 6) is -0.425. The Morgan fingerprint density at radius 3 is 2.04 bits per heavy atom. The molecule has 3 N–H and O–H groups in total. The summed E-state index contributed by atoms with van der Waals surface area (Å²) in [6, 6.07) is 1.14. The molecule has 0 bridgehead atoms. The first-order valence-electron chi connectivity index (χ1n) is 7.63. The number of alkyl halides is 6. The molecule has 1 aromatic carbocycles. The lowest BCUT2D eigenvalue weighted by molar-refractivity contribution is -0.143. The summed E-state index contributed by atoms with van der Waals surface area (Å²) >= 11 is 0. The van der Waals surface area contributed by atoms with Crippen LogP contribution in [0.25, 0.3) is 0 Å². The third kappa shape index (κ3) is 5.26. The Morgan fingerprint density at radius 1 is 1.15 bits per heavy atom. The highest BCUT2D eigenvalue weighted by atomic mass is 35.5.